The molecule has 6 nitrogen and oxygen atoms in total. The molecule has 0 saturated heterocycles. The number of hydrogen-bond donors (Lipinski definition) is 4. The number of nitrogens with two attached hydrogens (primary N) is 1. The Bertz CT molecular complexity index is 222. The SMILES string of the molecule is C=CCSCCN.O=C(O)CC(O)C(=O)O. The summed E-state index contributed by atoms with van der Waals surface area (Å²) in [6.07, 6.45) is -0.655. The smallest absolute Gasteiger partial charge is 0.333 e. The molecule has 1 unspecified atom stereocenters. The van der Waals surface area contributed by atoms with Crippen molar-refractivity contribution in [1.82, 2.24) is 0 Å². The molecule has 0 heterocycles. The van der Waals surface area contributed by atoms with Gasteiger partial charge in [0.2, 0.25) is 0 Å². The van der Waals surface area contributed by atoms with Crippen LogP contribution in [0, 0.1) is 0 Å². The van der Waals surface area contributed by atoms with Crippen molar-refractivity contribution in [2.24, 2.45) is 5.73 Å². The molecule has 16 heavy (non-hydrogen) atoms. The molecular weight excluding hydrogens is 234 g/mol. The number of carboxylic acid groups (broad SMARTS) is 2. The zero-order valence-electron chi connectivity index (χ0n) is 8.83. The second kappa shape index (κ2) is 12.0. The van der Waals surface area contributed by atoms with Crippen LogP contribution >= 0.6 is 11.8 Å². The Hall–Kier alpha value is -1.05. The van der Waals surface area contributed by atoms with Crippen molar-refractivity contribution >= 4 is 23.7 Å². The first-order chi connectivity index (χ1) is 7.45. The van der Waals surface area contributed by atoms with E-state index in [-0.39, 0.29) is 0 Å². The van der Waals surface area contributed by atoms with E-state index in [4.69, 9.17) is 21.1 Å². The van der Waals surface area contributed by atoms with Crippen LogP contribution in [0.2, 0.25) is 0 Å². The lowest BCUT2D eigenvalue weighted by atomic mass is 10.3. The molecule has 1 atom stereocenters. The quantitative estimate of drug-likeness (QED) is 0.364. The van der Waals surface area contributed by atoms with Gasteiger partial charge in [0, 0.05) is 18.1 Å². The van der Waals surface area contributed by atoms with E-state index in [9.17, 15) is 9.59 Å². The summed E-state index contributed by atoms with van der Waals surface area (Å²) in [5.74, 6) is -0.772. The number of carbonyl (C=O) groups is 2. The maximum absolute atomic E-state index is 9.72. The lowest BCUT2D eigenvalue weighted by molar-refractivity contribution is -0.152. The monoisotopic (exact) mass is 251 g/mol. The molecule has 0 spiro atoms. The topological polar surface area (TPSA) is 121 Å². The molecule has 7 heteroatoms. The van der Waals surface area contributed by atoms with Gasteiger partial charge in [-0.2, -0.15) is 11.8 Å². The molecule has 0 aliphatic rings. The second-order valence-electron chi connectivity index (χ2n) is 2.60. The van der Waals surface area contributed by atoms with E-state index < -0.39 is 24.5 Å². The number of carboxylic acids is 2. The Morgan fingerprint density at radius 1 is 1.44 bits per heavy atom. The average molecular weight is 251 g/mol. The number of rotatable bonds is 7. The Morgan fingerprint density at radius 2 is 2.00 bits per heavy atom. The predicted molar refractivity (Wildman–Crippen MR) is 62.5 cm³/mol. The summed E-state index contributed by atoms with van der Waals surface area (Å²) < 4.78 is 0. The van der Waals surface area contributed by atoms with Crippen LogP contribution in [0.1, 0.15) is 6.42 Å². The van der Waals surface area contributed by atoms with Crippen molar-refractivity contribution in [2.75, 3.05) is 18.1 Å². The molecule has 0 fully saturated rings. The lowest BCUT2D eigenvalue weighted by Gasteiger charge is -1.97. The normalized spacial score (nSPS) is 10.9. The number of aliphatic carboxylic acids is 2. The lowest BCUT2D eigenvalue weighted by Crippen LogP contribution is -2.22. The summed E-state index contributed by atoms with van der Waals surface area (Å²) in [5, 5.41) is 24.1. The van der Waals surface area contributed by atoms with Crippen LogP contribution in [0.25, 0.3) is 0 Å². The van der Waals surface area contributed by atoms with Crippen LogP contribution in [-0.2, 0) is 9.59 Å². The summed E-state index contributed by atoms with van der Waals surface area (Å²) in [6, 6.07) is 0. The molecule has 0 radical (unpaired) electrons. The molecule has 0 aromatic rings. The van der Waals surface area contributed by atoms with Crippen LogP contribution in [0.15, 0.2) is 12.7 Å². The fourth-order valence-electron chi connectivity index (χ4n) is 0.503. The highest BCUT2D eigenvalue weighted by atomic mass is 32.2. The molecule has 0 bridgehead atoms. The highest BCUT2D eigenvalue weighted by Gasteiger charge is 2.16. The largest absolute Gasteiger partial charge is 0.481 e. The van der Waals surface area contributed by atoms with E-state index in [1.165, 1.54) is 0 Å². The highest BCUT2D eigenvalue weighted by molar-refractivity contribution is 7.99. The van der Waals surface area contributed by atoms with Crippen molar-refractivity contribution in [1.29, 1.82) is 0 Å². The molecule has 5 N–H and O–H groups in total. The first-order valence-corrected chi connectivity index (χ1v) is 5.62. The van der Waals surface area contributed by atoms with Gasteiger partial charge >= 0.3 is 11.9 Å². The van der Waals surface area contributed by atoms with E-state index in [0.717, 1.165) is 18.1 Å². The second-order valence-corrected chi connectivity index (χ2v) is 3.75. The van der Waals surface area contributed by atoms with Crippen LogP contribution in [0.5, 0.6) is 0 Å². The zero-order valence-corrected chi connectivity index (χ0v) is 9.65. The van der Waals surface area contributed by atoms with Crippen LogP contribution < -0.4 is 5.73 Å². The van der Waals surface area contributed by atoms with E-state index >= 15 is 0 Å². The molecular formula is C9H17NO5S. The molecule has 0 aliphatic carbocycles. The third-order valence-corrected chi connectivity index (χ3v) is 2.15. The van der Waals surface area contributed by atoms with Gasteiger partial charge < -0.3 is 21.1 Å². The Labute approximate surface area is 98.1 Å². The number of aliphatic hydroxyl groups is 1. The van der Waals surface area contributed by atoms with Gasteiger partial charge in [0.1, 0.15) is 0 Å². The van der Waals surface area contributed by atoms with E-state index in [1.807, 2.05) is 17.8 Å². The fourth-order valence-corrected chi connectivity index (χ4v) is 1.00. The van der Waals surface area contributed by atoms with Crippen molar-refractivity contribution in [3.63, 3.8) is 0 Å². The van der Waals surface area contributed by atoms with Crippen molar-refractivity contribution in [3.8, 4) is 0 Å². The van der Waals surface area contributed by atoms with E-state index in [1.54, 1.807) is 0 Å². The maximum Gasteiger partial charge on any atom is 0.333 e. The first-order valence-electron chi connectivity index (χ1n) is 4.47. The van der Waals surface area contributed by atoms with Crippen molar-refractivity contribution in [2.45, 2.75) is 12.5 Å². The van der Waals surface area contributed by atoms with Crippen LogP contribution in [0.3, 0.4) is 0 Å². The molecule has 0 aliphatic heterocycles. The van der Waals surface area contributed by atoms with Gasteiger partial charge in [-0.3, -0.25) is 4.79 Å². The molecule has 94 valence electrons. The molecule has 0 rings (SSSR count). The van der Waals surface area contributed by atoms with Gasteiger partial charge in [-0.25, -0.2) is 4.79 Å². The van der Waals surface area contributed by atoms with E-state index in [2.05, 4.69) is 6.58 Å². The third kappa shape index (κ3) is 15.4. The standard InChI is InChI=1S/C5H11NS.C4H6O5/c1-2-4-7-5-3-6;5-2(4(8)9)1-3(6)7/h2H,1,3-6H2;2,5H,1H2,(H,6,7)(H,8,9). The summed E-state index contributed by atoms with van der Waals surface area (Å²) in [5.41, 5.74) is 5.21. The summed E-state index contributed by atoms with van der Waals surface area (Å²) >= 11 is 1.81. The van der Waals surface area contributed by atoms with Crippen LogP contribution in [0.4, 0.5) is 0 Å². The molecule has 0 aromatic carbocycles. The summed E-state index contributed by atoms with van der Waals surface area (Å²) in [4.78, 5) is 19.4. The van der Waals surface area contributed by atoms with Gasteiger partial charge in [0.25, 0.3) is 0 Å². The minimum absolute atomic E-state index is 0.755. The van der Waals surface area contributed by atoms with Gasteiger partial charge in [-0.05, 0) is 0 Å². The van der Waals surface area contributed by atoms with Gasteiger partial charge in [-0.15, -0.1) is 6.58 Å². The van der Waals surface area contributed by atoms with E-state index in [0.29, 0.717) is 0 Å². The fraction of sp³-hybridized carbons (Fsp3) is 0.556. The average Bonchev–Trinajstić information content (AvgIpc) is 2.18. The highest BCUT2D eigenvalue weighted by Crippen LogP contribution is 1.95. The van der Waals surface area contributed by atoms with Crippen LogP contribution in [-0.4, -0.2) is 51.4 Å². The summed E-state index contributed by atoms with van der Waals surface area (Å²) in [6.45, 7) is 4.35. The molecule has 0 saturated carbocycles. The van der Waals surface area contributed by atoms with Gasteiger partial charge in [0.15, 0.2) is 6.10 Å². The zero-order chi connectivity index (χ0) is 13.0. The minimum atomic E-state index is -1.79. The van der Waals surface area contributed by atoms with Gasteiger partial charge in [-0.1, -0.05) is 6.08 Å². The first kappa shape index (κ1) is 17.3. The number of hydrogen-bond acceptors (Lipinski definition) is 5. The number of thioether (sulfide) groups is 1. The Kier molecular flexibility index (Phi) is 13.0. The predicted octanol–water partition coefficient (Wildman–Crippen LogP) is -0.229. The maximum atomic E-state index is 9.72. The Morgan fingerprint density at radius 3 is 2.25 bits per heavy atom. The van der Waals surface area contributed by atoms with Gasteiger partial charge in [0.05, 0.1) is 6.42 Å². The molecule has 0 aromatic heterocycles. The third-order valence-electron chi connectivity index (χ3n) is 1.15. The minimum Gasteiger partial charge on any atom is -0.481 e. The summed E-state index contributed by atoms with van der Waals surface area (Å²) in [7, 11) is 0. The molecule has 0 amide bonds. The van der Waals surface area contributed by atoms with Crippen molar-refractivity contribution < 1.29 is 24.9 Å². The number of aliphatic hydroxyl groups excluding tert-OH is 1. The van der Waals surface area contributed by atoms with Crippen molar-refractivity contribution in [3.05, 3.63) is 12.7 Å². The Balaban J connectivity index is 0.